The number of rotatable bonds is 3. The Morgan fingerprint density at radius 2 is 2.00 bits per heavy atom. The van der Waals surface area contributed by atoms with Gasteiger partial charge in [0.15, 0.2) is 0 Å². The molecule has 0 spiro atoms. The highest BCUT2D eigenvalue weighted by atomic mass is 35.5. The lowest BCUT2D eigenvalue weighted by Crippen LogP contribution is -2.33. The van der Waals surface area contributed by atoms with Gasteiger partial charge in [-0.05, 0) is 43.1 Å². The maximum atomic E-state index is 6.19. The lowest BCUT2D eigenvalue weighted by atomic mass is 9.98. The minimum Gasteiger partial charge on any atom is -0.315 e. The van der Waals surface area contributed by atoms with Crippen LogP contribution in [0, 0.1) is 6.92 Å². The molecule has 0 aliphatic carbocycles. The molecule has 0 saturated carbocycles. The monoisotopic (exact) mass is 320 g/mol. The fraction of sp³-hybridized carbons (Fsp3) is 0.412. The molecular weight excluding hydrogens is 300 g/mol. The lowest BCUT2D eigenvalue weighted by molar-refractivity contribution is 0.243. The predicted molar refractivity (Wildman–Crippen MR) is 91.4 cm³/mol. The fourth-order valence-electron chi connectivity index (χ4n) is 3.02. The van der Waals surface area contributed by atoms with Crippen molar-refractivity contribution in [1.82, 2.24) is 10.2 Å². The highest BCUT2D eigenvalue weighted by Gasteiger charge is 2.25. The van der Waals surface area contributed by atoms with Gasteiger partial charge in [-0.2, -0.15) is 0 Å². The van der Waals surface area contributed by atoms with Crippen LogP contribution in [-0.2, 0) is 0 Å². The zero-order valence-electron chi connectivity index (χ0n) is 12.3. The molecular formula is C17H21ClN2S. The molecule has 0 bridgehead atoms. The highest BCUT2D eigenvalue weighted by Crippen LogP contribution is 2.36. The molecule has 1 aromatic heterocycles. The van der Waals surface area contributed by atoms with Gasteiger partial charge in [0.1, 0.15) is 0 Å². The summed E-state index contributed by atoms with van der Waals surface area (Å²) in [4.78, 5) is 3.93. The largest absolute Gasteiger partial charge is 0.315 e. The van der Waals surface area contributed by atoms with Gasteiger partial charge < -0.3 is 5.32 Å². The van der Waals surface area contributed by atoms with Gasteiger partial charge >= 0.3 is 0 Å². The van der Waals surface area contributed by atoms with Gasteiger partial charge in [-0.15, -0.1) is 11.3 Å². The Morgan fingerprint density at radius 1 is 1.14 bits per heavy atom. The van der Waals surface area contributed by atoms with Gasteiger partial charge in [0, 0.05) is 24.5 Å². The van der Waals surface area contributed by atoms with E-state index in [4.69, 9.17) is 11.6 Å². The summed E-state index contributed by atoms with van der Waals surface area (Å²) in [7, 11) is 0. The van der Waals surface area contributed by atoms with Crippen molar-refractivity contribution < 1.29 is 0 Å². The van der Waals surface area contributed by atoms with Crippen molar-refractivity contribution in [3.63, 3.8) is 0 Å². The number of hydrogen-bond donors (Lipinski definition) is 1. The summed E-state index contributed by atoms with van der Waals surface area (Å²) in [6.45, 7) is 6.58. The molecule has 1 aromatic carbocycles. The Labute approximate surface area is 135 Å². The van der Waals surface area contributed by atoms with E-state index in [1.807, 2.05) is 6.07 Å². The van der Waals surface area contributed by atoms with Crippen molar-refractivity contribution >= 4 is 22.9 Å². The SMILES string of the molecule is Cc1ccccc1C(c1ccc(Cl)s1)N1CCCNCC1. The van der Waals surface area contributed by atoms with Crippen molar-refractivity contribution in [2.75, 3.05) is 26.2 Å². The summed E-state index contributed by atoms with van der Waals surface area (Å²) in [5, 5.41) is 3.49. The van der Waals surface area contributed by atoms with E-state index >= 15 is 0 Å². The van der Waals surface area contributed by atoms with Crippen LogP contribution in [0.15, 0.2) is 36.4 Å². The number of nitrogens with one attached hydrogen (secondary N) is 1. The quantitative estimate of drug-likeness (QED) is 0.916. The number of thiophene rings is 1. The molecule has 1 fully saturated rings. The predicted octanol–water partition coefficient (Wildman–Crippen LogP) is 4.09. The molecule has 1 saturated heterocycles. The van der Waals surface area contributed by atoms with Gasteiger partial charge in [-0.3, -0.25) is 4.90 Å². The van der Waals surface area contributed by atoms with E-state index in [0.29, 0.717) is 6.04 Å². The minimum absolute atomic E-state index is 0.323. The summed E-state index contributed by atoms with van der Waals surface area (Å²) in [5.41, 5.74) is 2.75. The standard InChI is InChI=1S/C17H21ClN2S/c1-13-5-2-3-6-14(13)17(15-7-8-16(18)21-15)20-11-4-9-19-10-12-20/h2-3,5-8,17,19H,4,9-12H2,1H3. The van der Waals surface area contributed by atoms with Crippen molar-refractivity contribution in [3.8, 4) is 0 Å². The van der Waals surface area contributed by atoms with Crippen LogP contribution in [0.3, 0.4) is 0 Å². The molecule has 1 aliphatic rings. The highest BCUT2D eigenvalue weighted by molar-refractivity contribution is 7.16. The zero-order chi connectivity index (χ0) is 14.7. The molecule has 2 aromatic rings. The van der Waals surface area contributed by atoms with Crippen LogP contribution in [-0.4, -0.2) is 31.1 Å². The molecule has 21 heavy (non-hydrogen) atoms. The van der Waals surface area contributed by atoms with E-state index in [1.165, 1.54) is 22.4 Å². The topological polar surface area (TPSA) is 15.3 Å². The van der Waals surface area contributed by atoms with E-state index in [0.717, 1.165) is 30.5 Å². The summed E-state index contributed by atoms with van der Waals surface area (Å²) in [6.07, 6.45) is 1.20. The molecule has 3 rings (SSSR count). The molecule has 1 aliphatic heterocycles. The van der Waals surface area contributed by atoms with Crippen molar-refractivity contribution in [3.05, 3.63) is 56.7 Å². The van der Waals surface area contributed by atoms with Crippen LogP contribution in [0.4, 0.5) is 0 Å². The second-order valence-corrected chi connectivity index (χ2v) is 7.29. The van der Waals surface area contributed by atoms with Crippen molar-refractivity contribution in [2.45, 2.75) is 19.4 Å². The molecule has 2 nitrogen and oxygen atoms in total. The molecule has 4 heteroatoms. The van der Waals surface area contributed by atoms with Gasteiger partial charge in [-0.25, -0.2) is 0 Å². The second-order valence-electron chi connectivity index (χ2n) is 5.54. The number of hydrogen-bond acceptors (Lipinski definition) is 3. The second kappa shape index (κ2) is 6.93. The van der Waals surface area contributed by atoms with E-state index < -0.39 is 0 Å². The smallest absolute Gasteiger partial charge is 0.0931 e. The average Bonchev–Trinajstić information content (AvgIpc) is 2.74. The van der Waals surface area contributed by atoms with Gasteiger partial charge in [-0.1, -0.05) is 35.9 Å². The van der Waals surface area contributed by atoms with Gasteiger partial charge in [0.25, 0.3) is 0 Å². The van der Waals surface area contributed by atoms with Crippen LogP contribution >= 0.6 is 22.9 Å². The minimum atomic E-state index is 0.323. The third-order valence-electron chi connectivity index (χ3n) is 4.09. The molecule has 112 valence electrons. The Hall–Kier alpha value is -0.870. The number of benzene rings is 1. The first-order valence-electron chi connectivity index (χ1n) is 7.51. The third kappa shape index (κ3) is 3.49. The Kier molecular flexibility index (Phi) is 4.96. The van der Waals surface area contributed by atoms with E-state index in [2.05, 4.69) is 47.5 Å². The van der Waals surface area contributed by atoms with Crippen LogP contribution in [0.1, 0.15) is 28.5 Å². The summed E-state index contributed by atoms with van der Waals surface area (Å²) in [5.74, 6) is 0. The maximum absolute atomic E-state index is 6.19. The van der Waals surface area contributed by atoms with E-state index in [9.17, 15) is 0 Å². The fourth-order valence-corrected chi connectivity index (χ4v) is 4.24. The first kappa shape index (κ1) is 15.0. The number of aryl methyl sites for hydroxylation is 1. The molecule has 0 radical (unpaired) electrons. The number of nitrogens with zero attached hydrogens (tertiary/aromatic N) is 1. The van der Waals surface area contributed by atoms with Crippen molar-refractivity contribution in [2.24, 2.45) is 0 Å². The van der Waals surface area contributed by atoms with Crippen LogP contribution in [0.25, 0.3) is 0 Å². The third-order valence-corrected chi connectivity index (χ3v) is 5.37. The number of halogens is 1. The summed E-state index contributed by atoms with van der Waals surface area (Å²) in [6, 6.07) is 13.2. The first-order valence-corrected chi connectivity index (χ1v) is 8.70. The Balaban J connectivity index is 2.00. The van der Waals surface area contributed by atoms with E-state index in [-0.39, 0.29) is 0 Å². The molecule has 2 heterocycles. The molecule has 0 amide bonds. The first-order chi connectivity index (χ1) is 10.3. The summed E-state index contributed by atoms with van der Waals surface area (Å²) < 4.78 is 0.872. The maximum Gasteiger partial charge on any atom is 0.0931 e. The molecule has 1 atom stereocenters. The summed E-state index contributed by atoms with van der Waals surface area (Å²) >= 11 is 7.89. The Morgan fingerprint density at radius 3 is 2.76 bits per heavy atom. The van der Waals surface area contributed by atoms with Crippen LogP contribution in [0.5, 0.6) is 0 Å². The molecule has 1 N–H and O–H groups in total. The van der Waals surface area contributed by atoms with Crippen LogP contribution in [0.2, 0.25) is 4.34 Å². The normalized spacial score (nSPS) is 18.4. The van der Waals surface area contributed by atoms with Crippen molar-refractivity contribution in [1.29, 1.82) is 0 Å². The lowest BCUT2D eigenvalue weighted by Gasteiger charge is -2.31. The van der Waals surface area contributed by atoms with E-state index in [1.54, 1.807) is 11.3 Å². The molecule has 1 unspecified atom stereocenters. The Bertz CT molecular complexity index is 588. The average molecular weight is 321 g/mol. The zero-order valence-corrected chi connectivity index (χ0v) is 13.9. The van der Waals surface area contributed by atoms with Gasteiger partial charge in [0.05, 0.1) is 10.4 Å². The van der Waals surface area contributed by atoms with Gasteiger partial charge in [0.2, 0.25) is 0 Å². The van der Waals surface area contributed by atoms with Crippen LogP contribution < -0.4 is 5.32 Å².